The highest BCUT2D eigenvalue weighted by Crippen LogP contribution is 2.34. The van der Waals surface area contributed by atoms with Gasteiger partial charge in [0.25, 0.3) is 0 Å². The van der Waals surface area contributed by atoms with Crippen LogP contribution in [0.1, 0.15) is 57.1 Å². The summed E-state index contributed by atoms with van der Waals surface area (Å²) < 4.78 is 5.26. The fourth-order valence-corrected chi connectivity index (χ4v) is 3.83. The summed E-state index contributed by atoms with van der Waals surface area (Å²) in [4.78, 5) is 27.4. The second kappa shape index (κ2) is 8.68. The summed E-state index contributed by atoms with van der Waals surface area (Å²) in [5.41, 5.74) is 3.90. The first-order valence-corrected chi connectivity index (χ1v) is 10.2. The Labute approximate surface area is 173 Å². The van der Waals surface area contributed by atoms with Gasteiger partial charge in [-0.2, -0.15) is 0 Å². The van der Waals surface area contributed by atoms with Gasteiger partial charge in [-0.15, -0.1) is 0 Å². The van der Waals surface area contributed by atoms with Gasteiger partial charge < -0.3 is 15.0 Å². The van der Waals surface area contributed by atoms with Crippen molar-refractivity contribution in [2.45, 2.75) is 46.0 Å². The first-order valence-electron chi connectivity index (χ1n) is 10.2. The molecule has 1 aliphatic heterocycles. The third kappa shape index (κ3) is 4.44. The molecule has 1 aliphatic rings. The zero-order valence-corrected chi connectivity index (χ0v) is 17.9. The molecule has 0 aliphatic carbocycles. The molecule has 2 aromatic rings. The minimum Gasteiger partial charge on any atom is -0.497 e. The SMILES string of the molecule is COc1cccc(N2C[C@@H](C(=O)Nc3c(C(C)C)cccc3C(C)C)CC2=O)c1. The van der Waals surface area contributed by atoms with E-state index in [0.29, 0.717) is 24.1 Å². The molecular weight excluding hydrogens is 364 g/mol. The number of hydrogen-bond donors (Lipinski definition) is 1. The second-order valence-electron chi connectivity index (χ2n) is 8.22. The number of hydrogen-bond acceptors (Lipinski definition) is 3. The summed E-state index contributed by atoms with van der Waals surface area (Å²) >= 11 is 0. The number of carbonyl (C=O) groups is 2. The molecule has 2 aromatic carbocycles. The van der Waals surface area contributed by atoms with Gasteiger partial charge >= 0.3 is 0 Å². The van der Waals surface area contributed by atoms with Crippen LogP contribution in [0.3, 0.4) is 0 Å². The molecule has 1 saturated heterocycles. The number of benzene rings is 2. The number of amides is 2. The molecule has 29 heavy (non-hydrogen) atoms. The molecule has 1 fully saturated rings. The maximum absolute atomic E-state index is 13.1. The van der Waals surface area contributed by atoms with Gasteiger partial charge in [-0.3, -0.25) is 9.59 Å². The molecule has 5 nitrogen and oxygen atoms in total. The van der Waals surface area contributed by atoms with Crippen LogP contribution in [0.2, 0.25) is 0 Å². The lowest BCUT2D eigenvalue weighted by Gasteiger charge is -2.22. The van der Waals surface area contributed by atoms with Crippen LogP contribution in [0.4, 0.5) is 11.4 Å². The molecule has 0 spiro atoms. The summed E-state index contributed by atoms with van der Waals surface area (Å²) in [7, 11) is 1.60. The highest BCUT2D eigenvalue weighted by molar-refractivity contribution is 6.04. The van der Waals surface area contributed by atoms with Crippen molar-refractivity contribution in [1.29, 1.82) is 0 Å². The highest BCUT2D eigenvalue weighted by Gasteiger charge is 2.35. The lowest BCUT2D eigenvalue weighted by atomic mass is 9.92. The van der Waals surface area contributed by atoms with Crippen molar-refractivity contribution in [2.24, 2.45) is 5.92 Å². The predicted octanol–water partition coefficient (Wildman–Crippen LogP) is 4.93. The Morgan fingerprint density at radius 1 is 1.07 bits per heavy atom. The minimum atomic E-state index is -0.381. The average molecular weight is 395 g/mol. The Kier molecular flexibility index (Phi) is 6.26. The van der Waals surface area contributed by atoms with E-state index in [9.17, 15) is 9.59 Å². The highest BCUT2D eigenvalue weighted by atomic mass is 16.5. The van der Waals surface area contributed by atoms with Crippen LogP contribution in [0.25, 0.3) is 0 Å². The standard InChI is InChI=1S/C24H30N2O3/c1-15(2)20-10-7-11-21(16(3)4)23(20)25-24(28)17-12-22(27)26(14-17)18-8-6-9-19(13-18)29-5/h6-11,13,15-17H,12,14H2,1-5H3,(H,25,28)/t17-/m0/s1. The lowest BCUT2D eigenvalue weighted by molar-refractivity contribution is -0.122. The third-order valence-corrected chi connectivity index (χ3v) is 5.48. The smallest absolute Gasteiger partial charge is 0.229 e. The van der Waals surface area contributed by atoms with Crippen molar-refractivity contribution < 1.29 is 14.3 Å². The molecule has 1 atom stereocenters. The van der Waals surface area contributed by atoms with E-state index in [-0.39, 0.29) is 24.2 Å². The number of nitrogens with zero attached hydrogens (tertiary/aromatic N) is 1. The largest absolute Gasteiger partial charge is 0.497 e. The first kappa shape index (κ1) is 20.9. The molecule has 2 amide bonds. The number of nitrogens with one attached hydrogen (secondary N) is 1. The second-order valence-corrected chi connectivity index (χ2v) is 8.22. The summed E-state index contributed by atoms with van der Waals surface area (Å²) in [5, 5.41) is 3.16. The maximum Gasteiger partial charge on any atom is 0.229 e. The van der Waals surface area contributed by atoms with Crippen molar-refractivity contribution >= 4 is 23.2 Å². The summed E-state index contributed by atoms with van der Waals surface area (Å²) in [6, 6.07) is 13.6. The number of rotatable bonds is 6. The van der Waals surface area contributed by atoms with Crippen LogP contribution in [-0.2, 0) is 9.59 Å². The number of carbonyl (C=O) groups excluding carboxylic acids is 2. The topological polar surface area (TPSA) is 58.6 Å². The molecule has 0 bridgehead atoms. The molecule has 5 heteroatoms. The molecule has 1 heterocycles. The average Bonchev–Trinajstić information content (AvgIpc) is 3.09. The van der Waals surface area contributed by atoms with E-state index < -0.39 is 0 Å². The lowest BCUT2D eigenvalue weighted by Crippen LogP contribution is -2.28. The quantitative estimate of drug-likeness (QED) is 0.755. The van der Waals surface area contributed by atoms with Gasteiger partial charge in [0.1, 0.15) is 5.75 Å². The van der Waals surface area contributed by atoms with Crippen molar-refractivity contribution in [3.8, 4) is 5.75 Å². The molecule has 154 valence electrons. The van der Waals surface area contributed by atoms with Gasteiger partial charge in [-0.05, 0) is 35.1 Å². The van der Waals surface area contributed by atoms with E-state index in [1.165, 1.54) is 0 Å². The molecule has 0 aromatic heterocycles. The van der Waals surface area contributed by atoms with Crippen molar-refractivity contribution in [2.75, 3.05) is 23.9 Å². The summed E-state index contributed by atoms with van der Waals surface area (Å²) in [5.74, 6) is 0.757. The van der Waals surface area contributed by atoms with E-state index in [1.54, 1.807) is 12.0 Å². The van der Waals surface area contributed by atoms with Gasteiger partial charge in [0, 0.05) is 30.4 Å². The van der Waals surface area contributed by atoms with Gasteiger partial charge in [-0.25, -0.2) is 0 Å². The van der Waals surface area contributed by atoms with Gasteiger partial charge in [0.05, 0.1) is 13.0 Å². The van der Waals surface area contributed by atoms with Crippen molar-refractivity contribution in [3.05, 3.63) is 53.6 Å². The maximum atomic E-state index is 13.1. The Balaban J connectivity index is 1.81. The molecule has 0 saturated carbocycles. The Bertz CT molecular complexity index is 878. The zero-order chi connectivity index (χ0) is 21.1. The summed E-state index contributed by atoms with van der Waals surface area (Å²) in [6.45, 7) is 8.87. The van der Waals surface area contributed by atoms with Gasteiger partial charge in [0.15, 0.2) is 0 Å². The van der Waals surface area contributed by atoms with Gasteiger partial charge in [-0.1, -0.05) is 52.0 Å². The van der Waals surface area contributed by atoms with E-state index >= 15 is 0 Å². The van der Waals surface area contributed by atoms with Crippen LogP contribution in [0.5, 0.6) is 5.75 Å². The summed E-state index contributed by atoms with van der Waals surface area (Å²) in [6.07, 6.45) is 0.212. The van der Waals surface area contributed by atoms with E-state index in [2.05, 4.69) is 45.1 Å². The molecule has 0 unspecified atom stereocenters. The van der Waals surface area contributed by atoms with Gasteiger partial charge in [0.2, 0.25) is 11.8 Å². The zero-order valence-electron chi connectivity index (χ0n) is 17.9. The Hall–Kier alpha value is -2.82. The molecular formula is C24H30N2O3. The number of ether oxygens (including phenoxy) is 1. The fraction of sp³-hybridized carbons (Fsp3) is 0.417. The van der Waals surface area contributed by atoms with Crippen molar-refractivity contribution in [1.82, 2.24) is 0 Å². The van der Waals surface area contributed by atoms with Crippen LogP contribution < -0.4 is 15.0 Å². The molecule has 3 rings (SSSR count). The minimum absolute atomic E-state index is 0.0420. The fourth-order valence-electron chi connectivity index (χ4n) is 3.83. The van der Waals surface area contributed by atoms with E-state index in [4.69, 9.17) is 4.74 Å². The Morgan fingerprint density at radius 2 is 1.69 bits per heavy atom. The number of anilines is 2. The van der Waals surface area contributed by atoms with Crippen LogP contribution in [0, 0.1) is 5.92 Å². The number of para-hydroxylation sites is 1. The monoisotopic (exact) mass is 394 g/mol. The number of methoxy groups -OCH3 is 1. The van der Waals surface area contributed by atoms with Crippen LogP contribution in [0.15, 0.2) is 42.5 Å². The third-order valence-electron chi connectivity index (χ3n) is 5.48. The Morgan fingerprint density at radius 3 is 2.28 bits per heavy atom. The van der Waals surface area contributed by atoms with Crippen LogP contribution in [-0.4, -0.2) is 25.5 Å². The van der Waals surface area contributed by atoms with E-state index in [1.807, 2.05) is 30.3 Å². The predicted molar refractivity (Wildman–Crippen MR) is 117 cm³/mol. The first-order chi connectivity index (χ1) is 13.8. The van der Waals surface area contributed by atoms with Crippen LogP contribution >= 0.6 is 0 Å². The van der Waals surface area contributed by atoms with Crippen molar-refractivity contribution in [3.63, 3.8) is 0 Å². The normalized spacial score (nSPS) is 16.6. The van der Waals surface area contributed by atoms with E-state index in [0.717, 1.165) is 22.5 Å². The molecule has 0 radical (unpaired) electrons. The molecule has 1 N–H and O–H groups in total.